The number of rotatable bonds is 3. The van der Waals surface area contributed by atoms with Crippen molar-refractivity contribution in [2.24, 2.45) is 4.99 Å². The molecule has 5 aromatic carbocycles. The van der Waals surface area contributed by atoms with Gasteiger partial charge in [0, 0.05) is 57.0 Å². The minimum atomic E-state index is -1.32. The molecule has 2 aliphatic heterocycles. The van der Waals surface area contributed by atoms with Crippen LogP contribution in [0.25, 0.3) is 89.7 Å². The number of aromatic nitrogens is 8. The van der Waals surface area contributed by atoms with Crippen molar-refractivity contribution in [3.05, 3.63) is 131 Å². The molecule has 5 heterocycles. The van der Waals surface area contributed by atoms with Gasteiger partial charge >= 0.3 is 23.0 Å². The van der Waals surface area contributed by atoms with Gasteiger partial charge in [-0.05, 0) is 27.6 Å². The van der Waals surface area contributed by atoms with E-state index in [0.717, 1.165) is 68.1 Å². The molecule has 16 heteroatoms. The number of carboxylic acid groups (broad SMARTS) is 1. The van der Waals surface area contributed by atoms with E-state index >= 15 is 0 Å². The third kappa shape index (κ3) is 6.97. The maximum absolute atomic E-state index is 10.6. The molecule has 58 heavy (non-hydrogen) atoms. The summed E-state index contributed by atoms with van der Waals surface area (Å²) in [6, 6.07) is 34.8. The third-order valence-corrected chi connectivity index (χ3v) is 8.92. The predicted octanol–water partition coefficient (Wildman–Crippen LogP) is 8.41. The second-order valence-electron chi connectivity index (χ2n) is 12.1. The quantitative estimate of drug-likeness (QED) is 0.0583. The number of carboxylic acids is 1. The standard InChI is InChI=1S/C32H16N8.C8H4N2O5.C2H6.Cu/c1-2-10-18-17(9-1)25-33-26(18)38-28-21-13-5-6-14-22(21)30(35-28)40-32-24-16-8-7-15-23(24)31(36-32)39-29-20-12-4-3-11-19(20)27(34-29)37-25;11-4-9-7-3-5(10(14)15)1-2-6(7)8(12)13;1-2;/h1-16H;1-3H,(H,12,13);1-2H3;/q-2;;;+2. The summed E-state index contributed by atoms with van der Waals surface area (Å²) < 4.78 is 0. The molecule has 0 fully saturated rings. The van der Waals surface area contributed by atoms with Crippen LogP contribution in [0.1, 0.15) is 24.2 Å². The first-order chi connectivity index (χ1) is 27.9. The van der Waals surface area contributed by atoms with Gasteiger partial charge in [-0.1, -0.05) is 111 Å². The summed E-state index contributed by atoms with van der Waals surface area (Å²) in [6.45, 7) is 4.00. The molecule has 0 aliphatic carbocycles. The predicted molar refractivity (Wildman–Crippen MR) is 213 cm³/mol. The number of hydrogen-bond acceptors (Lipinski definition) is 11. The molecule has 1 N–H and O–H groups in total. The number of carbonyl (C=O) groups excluding carboxylic acids is 1. The van der Waals surface area contributed by atoms with Gasteiger partial charge in [0.05, 0.1) is 39.5 Å². The van der Waals surface area contributed by atoms with Gasteiger partial charge in [0.1, 0.15) is 0 Å². The monoisotopic (exact) mass is 813 g/mol. The van der Waals surface area contributed by atoms with Crippen LogP contribution in [-0.4, -0.2) is 52.0 Å². The van der Waals surface area contributed by atoms with Gasteiger partial charge in [0.25, 0.3) is 5.69 Å². The summed E-state index contributed by atoms with van der Waals surface area (Å²) in [6.07, 6.45) is 1.13. The van der Waals surface area contributed by atoms with Crippen molar-refractivity contribution < 1.29 is 36.7 Å². The number of aliphatic imine (C=N–C) groups is 1. The van der Waals surface area contributed by atoms with E-state index in [2.05, 4.69) is 4.99 Å². The summed E-state index contributed by atoms with van der Waals surface area (Å²) in [7, 11) is 0. The van der Waals surface area contributed by atoms with Crippen molar-refractivity contribution in [1.82, 2.24) is 39.9 Å². The Balaban J connectivity index is 0.000000243. The summed E-state index contributed by atoms with van der Waals surface area (Å²) in [5, 5.41) is 22.6. The maximum Gasteiger partial charge on any atom is 2.00 e. The summed E-state index contributed by atoms with van der Waals surface area (Å²) in [4.78, 5) is 72.6. The maximum atomic E-state index is 10.6. The number of nitro benzene ring substituents is 1. The molecule has 0 amide bonds. The van der Waals surface area contributed by atoms with Crippen LogP contribution in [0.2, 0.25) is 0 Å². The Kier molecular flexibility index (Phi) is 10.7. The first-order valence-corrected chi connectivity index (χ1v) is 17.5. The number of carbonyl (C=O) groups is 1. The number of non-ortho nitro benzene ring substituents is 1. The molecular formula is C42H26CuN10O5. The van der Waals surface area contributed by atoms with E-state index in [1.807, 2.05) is 111 Å². The molecule has 15 nitrogen and oxygen atoms in total. The van der Waals surface area contributed by atoms with Gasteiger partial charge in [-0.2, -0.15) is 4.99 Å². The van der Waals surface area contributed by atoms with Crippen LogP contribution in [0, 0.1) is 10.1 Å². The number of hydrogen-bond donors (Lipinski definition) is 1. The van der Waals surface area contributed by atoms with Crippen molar-refractivity contribution in [2.75, 3.05) is 0 Å². The molecule has 3 aromatic heterocycles. The zero-order valence-corrected chi connectivity index (χ0v) is 31.3. The molecule has 8 aromatic rings. The molecule has 1 radical (unpaired) electrons. The van der Waals surface area contributed by atoms with Crippen LogP contribution in [0.15, 0.2) is 120 Å². The first kappa shape index (κ1) is 38.5. The molecule has 0 saturated carbocycles. The van der Waals surface area contributed by atoms with E-state index in [1.165, 1.54) is 0 Å². The molecule has 0 saturated heterocycles. The van der Waals surface area contributed by atoms with E-state index in [0.29, 0.717) is 45.9 Å². The number of isocyanates is 1. The largest absolute Gasteiger partial charge is 2.00 e. The first-order valence-electron chi connectivity index (χ1n) is 17.5. The van der Waals surface area contributed by atoms with Gasteiger partial charge in [0.15, 0.2) is 0 Å². The van der Waals surface area contributed by atoms with E-state index in [-0.39, 0.29) is 34.0 Å². The zero-order valence-electron chi connectivity index (χ0n) is 30.3. The molecule has 10 rings (SSSR count). The number of benzene rings is 5. The third-order valence-electron chi connectivity index (χ3n) is 8.92. The van der Waals surface area contributed by atoms with Gasteiger partial charge in [0.2, 0.25) is 6.08 Å². The van der Waals surface area contributed by atoms with E-state index in [9.17, 15) is 19.7 Å². The molecule has 2 aliphatic rings. The van der Waals surface area contributed by atoms with E-state index < -0.39 is 10.9 Å². The van der Waals surface area contributed by atoms with Crippen LogP contribution in [0.4, 0.5) is 11.4 Å². The van der Waals surface area contributed by atoms with Crippen LogP contribution in [-0.2, 0) is 21.9 Å². The van der Waals surface area contributed by atoms with Crippen molar-refractivity contribution in [1.29, 1.82) is 0 Å². The van der Waals surface area contributed by atoms with Crippen molar-refractivity contribution >= 4 is 67.6 Å². The second kappa shape index (κ2) is 16.1. The Morgan fingerprint density at radius 2 is 0.948 bits per heavy atom. The minimum Gasteiger partial charge on any atom is -0.478 e. The fourth-order valence-electron chi connectivity index (χ4n) is 6.41. The number of fused-ring (bicyclic) bond motifs is 20. The molecule has 0 spiro atoms. The number of aromatic carboxylic acids is 1. The minimum absolute atomic E-state index is 0. The average molecular weight is 814 g/mol. The Morgan fingerprint density at radius 3 is 1.26 bits per heavy atom. The van der Waals surface area contributed by atoms with Crippen molar-refractivity contribution in [2.45, 2.75) is 13.8 Å². The molecule has 0 atom stereocenters. The van der Waals surface area contributed by atoms with Crippen LogP contribution < -0.4 is 9.97 Å². The van der Waals surface area contributed by atoms with E-state index in [4.69, 9.17) is 45.0 Å². The topological polar surface area (TPSA) is 215 Å². The van der Waals surface area contributed by atoms with Crippen LogP contribution in [0.5, 0.6) is 0 Å². The van der Waals surface area contributed by atoms with Gasteiger partial charge in [-0.3, -0.25) is 10.1 Å². The van der Waals surface area contributed by atoms with Gasteiger partial charge in [-0.25, -0.2) is 19.6 Å². The average Bonchev–Trinajstić information content (AvgIpc) is 3.98. The van der Waals surface area contributed by atoms with Gasteiger partial charge in [-0.15, -0.1) is 0 Å². The zero-order chi connectivity index (χ0) is 39.6. The molecule has 8 bridgehead atoms. The van der Waals surface area contributed by atoms with Crippen molar-refractivity contribution in [3.8, 4) is 45.6 Å². The van der Waals surface area contributed by atoms with Crippen LogP contribution in [0.3, 0.4) is 0 Å². The number of nitrogens with zero attached hydrogens (tertiary/aromatic N) is 10. The molecular weight excluding hydrogens is 788 g/mol. The Hall–Kier alpha value is -7.77. The normalized spacial score (nSPS) is 10.7. The van der Waals surface area contributed by atoms with E-state index in [1.54, 1.807) is 0 Å². The van der Waals surface area contributed by atoms with Gasteiger partial charge < -0.3 is 35.0 Å². The Bertz CT molecular complexity index is 2840. The van der Waals surface area contributed by atoms with Crippen molar-refractivity contribution in [3.63, 3.8) is 0 Å². The second-order valence-corrected chi connectivity index (χ2v) is 12.1. The Morgan fingerprint density at radius 1 is 0.603 bits per heavy atom. The summed E-state index contributed by atoms with van der Waals surface area (Å²) >= 11 is 0. The summed E-state index contributed by atoms with van der Waals surface area (Å²) in [5.41, 5.74) is 4.87. The molecule has 0 unspecified atom stereocenters. The summed E-state index contributed by atoms with van der Waals surface area (Å²) in [5.74, 6) is 0.888. The SMILES string of the molecule is CC.O=C=Nc1cc([N+](=O)[O-])ccc1C(=O)O.[Cu+2].c1ccc2c(c1)-c1nc-2nc2[n-]c(nc3nc(nc4[n-]c(n1)c1ccccc41)-c1ccccc1-3)c1ccccc21. The Labute approximate surface area is 338 Å². The molecule has 285 valence electrons. The van der Waals surface area contributed by atoms with Crippen LogP contribution >= 0.6 is 0 Å². The number of nitro groups is 1. The fraction of sp³-hybridized carbons (Fsp3) is 0.0476. The fourth-order valence-corrected chi connectivity index (χ4v) is 6.41. The smallest absolute Gasteiger partial charge is 0.478 e.